The predicted octanol–water partition coefficient (Wildman–Crippen LogP) is 5.38. The van der Waals surface area contributed by atoms with E-state index in [9.17, 15) is 0 Å². The monoisotopic (exact) mass is 252 g/mol. The van der Waals surface area contributed by atoms with E-state index < -0.39 is 0 Å². The number of rotatable bonds is 2. The minimum absolute atomic E-state index is 0.458. The first-order valence-electron chi connectivity index (χ1n) is 7.07. The summed E-state index contributed by atoms with van der Waals surface area (Å²) in [5.41, 5.74) is 10.2. The molecule has 0 nitrogen and oxygen atoms in total. The van der Waals surface area contributed by atoms with Crippen LogP contribution in [0.1, 0.15) is 51.8 Å². The Morgan fingerprint density at radius 1 is 0.632 bits per heavy atom. The molecule has 0 bridgehead atoms. The number of benzene rings is 2. The number of hydrogen-bond donors (Lipinski definition) is 0. The average molecular weight is 252 g/mol. The first-order valence-corrected chi connectivity index (χ1v) is 7.07. The molecule has 0 saturated heterocycles. The van der Waals surface area contributed by atoms with Crippen LogP contribution < -0.4 is 0 Å². The molecule has 0 aliphatic carbocycles. The van der Waals surface area contributed by atoms with Gasteiger partial charge in [-0.3, -0.25) is 0 Å². The molecule has 2 rings (SSSR count). The van der Waals surface area contributed by atoms with Crippen molar-refractivity contribution in [3.05, 3.63) is 69.3 Å². The molecule has 0 aliphatic heterocycles. The summed E-state index contributed by atoms with van der Waals surface area (Å²) in [6, 6.07) is 10.8. The third-order valence-electron chi connectivity index (χ3n) is 4.79. The Morgan fingerprint density at radius 3 is 1.53 bits per heavy atom. The summed E-state index contributed by atoms with van der Waals surface area (Å²) < 4.78 is 0. The third kappa shape index (κ3) is 2.32. The van der Waals surface area contributed by atoms with E-state index in [1.54, 1.807) is 0 Å². The molecule has 0 aromatic heterocycles. The summed E-state index contributed by atoms with van der Waals surface area (Å²) in [7, 11) is 0. The van der Waals surface area contributed by atoms with Gasteiger partial charge in [0.25, 0.3) is 0 Å². The van der Waals surface area contributed by atoms with Crippen LogP contribution in [0, 0.1) is 34.6 Å². The first kappa shape index (κ1) is 13.9. The first-order chi connectivity index (χ1) is 8.95. The van der Waals surface area contributed by atoms with Crippen LogP contribution in [0.4, 0.5) is 0 Å². The van der Waals surface area contributed by atoms with Crippen LogP contribution in [0.3, 0.4) is 0 Å². The van der Waals surface area contributed by atoms with Crippen LogP contribution in [-0.2, 0) is 0 Å². The van der Waals surface area contributed by atoms with E-state index in [4.69, 9.17) is 0 Å². The minimum atomic E-state index is 0.458. The Kier molecular flexibility index (Phi) is 3.80. The second-order valence-corrected chi connectivity index (χ2v) is 5.67. The Hall–Kier alpha value is -1.56. The van der Waals surface area contributed by atoms with Gasteiger partial charge in [0.1, 0.15) is 0 Å². The summed E-state index contributed by atoms with van der Waals surface area (Å²) in [4.78, 5) is 0. The molecule has 1 atom stereocenters. The number of hydrogen-bond acceptors (Lipinski definition) is 0. The van der Waals surface area contributed by atoms with E-state index in [0.717, 1.165) is 0 Å². The topological polar surface area (TPSA) is 0 Å². The molecule has 1 unspecified atom stereocenters. The Bertz CT molecular complexity index is 562. The molecule has 2 aromatic rings. The van der Waals surface area contributed by atoms with Crippen molar-refractivity contribution in [2.45, 2.75) is 47.5 Å². The fourth-order valence-corrected chi connectivity index (χ4v) is 3.09. The molecule has 100 valence electrons. The zero-order chi connectivity index (χ0) is 14.2. The van der Waals surface area contributed by atoms with Gasteiger partial charge in [0.2, 0.25) is 0 Å². The van der Waals surface area contributed by atoms with Crippen molar-refractivity contribution in [3.8, 4) is 0 Å². The fraction of sp³-hybridized carbons (Fsp3) is 0.368. The lowest BCUT2D eigenvalue weighted by Gasteiger charge is -2.23. The molecule has 0 N–H and O–H groups in total. The maximum atomic E-state index is 2.32. The lowest BCUT2D eigenvalue weighted by Crippen LogP contribution is -2.07. The van der Waals surface area contributed by atoms with Crippen LogP contribution in [0.15, 0.2) is 30.3 Å². The van der Waals surface area contributed by atoms with E-state index in [0.29, 0.717) is 5.92 Å². The van der Waals surface area contributed by atoms with Gasteiger partial charge in [-0.25, -0.2) is 0 Å². The molecule has 0 radical (unpaired) electrons. The van der Waals surface area contributed by atoms with Crippen LogP contribution >= 0.6 is 0 Å². The van der Waals surface area contributed by atoms with E-state index in [1.165, 1.54) is 38.9 Å². The lowest BCUT2D eigenvalue weighted by molar-refractivity contribution is 0.886. The molecular weight excluding hydrogens is 228 g/mol. The van der Waals surface area contributed by atoms with E-state index in [1.807, 2.05) is 0 Å². The van der Waals surface area contributed by atoms with Crippen molar-refractivity contribution in [2.75, 3.05) is 0 Å². The lowest BCUT2D eigenvalue weighted by atomic mass is 9.81. The second-order valence-electron chi connectivity index (χ2n) is 5.67. The smallest absolute Gasteiger partial charge is 0.00664 e. The predicted molar refractivity (Wildman–Crippen MR) is 84.1 cm³/mol. The molecule has 0 heterocycles. The highest BCUT2D eigenvalue weighted by atomic mass is 14.2. The molecule has 0 saturated carbocycles. The maximum Gasteiger partial charge on any atom is 0.00664 e. The van der Waals surface area contributed by atoms with Gasteiger partial charge in [-0.2, -0.15) is 0 Å². The van der Waals surface area contributed by atoms with Crippen LogP contribution in [0.2, 0.25) is 0 Å². The van der Waals surface area contributed by atoms with Crippen LogP contribution in [0.5, 0.6) is 0 Å². The van der Waals surface area contributed by atoms with Crippen LogP contribution in [0.25, 0.3) is 0 Å². The molecule has 0 fully saturated rings. The summed E-state index contributed by atoms with van der Waals surface area (Å²) >= 11 is 0. The van der Waals surface area contributed by atoms with E-state index >= 15 is 0 Å². The third-order valence-corrected chi connectivity index (χ3v) is 4.79. The van der Waals surface area contributed by atoms with E-state index in [2.05, 4.69) is 71.9 Å². The largest absolute Gasteiger partial charge is 0.0622 e. The van der Waals surface area contributed by atoms with Gasteiger partial charge in [-0.1, -0.05) is 37.3 Å². The van der Waals surface area contributed by atoms with Crippen molar-refractivity contribution >= 4 is 0 Å². The quantitative estimate of drug-likeness (QED) is 0.673. The van der Waals surface area contributed by atoms with Gasteiger partial charge in [0, 0.05) is 5.92 Å². The van der Waals surface area contributed by atoms with Crippen molar-refractivity contribution in [1.82, 2.24) is 0 Å². The molecule has 0 aliphatic rings. The van der Waals surface area contributed by atoms with Crippen molar-refractivity contribution in [1.29, 1.82) is 0 Å². The van der Waals surface area contributed by atoms with Gasteiger partial charge < -0.3 is 0 Å². The molecule has 19 heavy (non-hydrogen) atoms. The standard InChI is InChI=1S/C19H24/c1-12-13(2)15(4)19(16(5)14(12)3)17(6)18-10-8-7-9-11-18/h7-11,17H,1-6H3. The molecule has 0 amide bonds. The molecule has 2 aromatic carbocycles. The Balaban J connectivity index is 2.64. The Labute approximate surface area is 117 Å². The highest BCUT2D eigenvalue weighted by molar-refractivity contribution is 5.52. The van der Waals surface area contributed by atoms with Gasteiger partial charge in [0.15, 0.2) is 0 Å². The normalized spacial score (nSPS) is 12.5. The zero-order valence-electron chi connectivity index (χ0n) is 13.0. The fourth-order valence-electron chi connectivity index (χ4n) is 3.09. The second kappa shape index (κ2) is 5.21. The Morgan fingerprint density at radius 2 is 1.05 bits per heavy atom. The summed E-state index contributed by atoms with van der Waals surface area (Å²) in [5.74, 6) is 0.458. The van der Waals surface area contributed by atoms with Crippen molar-refractivity contribution < 1.29 is 0 Å². The van der Waals surface area contributed by atoms with E-state index in [-0.39, 0.29) is 0 Å². The zero-order valence-corrected chi connectivity index (χ0v) is 13.0. The summed E-state index contributed by atoms with van der Waals surface area (Å²) in [6.45, 7) is 13.6. The van der Waals surface area contributed by atoms with Crippen molar-refractivity contribution in [2.24, 2.45) is 0 Å². The van der Waals surface area contributed by atoms with Gasteiger partial charge in [-0.05, 0) is 73.6 Å². The summed E-state index contributed by atoms with van der Waals surface area (Å²) in [5, 5.41) is 0. The van der Waals surface area contributed by atoms with Gasteiger partial charge in [-0.15, -0.1) is 0 Å². The van der Waals surface area contributed by atoms with Crippen molar-refractivity contribution in [3.63, 3.8) is 0 Å². The summed E-state index contributed by atoms with van der Waals surface area (Å²) in [6.07, 6.45) is 0. The average Bonchev–Trinajstić information content (AvgIpc) is 2.44. The highest BCUT2D eigenvalue weighted by Crippen LogP contribution is 2.34. The van der Waals surface area contributed by atoms with Gasteiger partial charge in [0.05, 0.1) is 0 Å². The molecule has 0 heteroatoms. The van der Waals surface area contributed by atoms with Crippen LogP contribution in [-0.4, -0.2) is 0 Å². The SMILES string of the molecule is Cc1c(C)c(C)c(C(C)c2ccccc2)c(C)c1C. The van der Waals surface area contributed by atoms with Gasteiger partial charge >= 0.3 is 0 Å². The molecule has 0 spiro atoms. The molecular formula is C19H24. The maximum absolute atomic E-state index is 2.32. The highest BCUT2D eigenvalue weighted by Gasteiger charge is 2.18. The minimum Gasteiger partial charge on any atom is -0.0622 e.